The van der Waals surface area contributed by atoms with Gasteiger partial charge < -0.3 is 16.0 Å². The molecule has 1 atom stereocenters. The van der Waals surface area contributed by atoms with Crippen molar-refractivity contribution in [1.82, 2.24) is 18.7 Å². The summed E-state index contributed by atoms with van der Waals surface area (Å²) in [5.41, 5.74) is 6.96. The van der Waals surface area contributed by atoms with Gasteiger partial charge in [0.1, 0.15) is 4.99 Å². The molecular weight excluding hydrogens is 464 g/mol. The predicted octanol–water partition coefficient (Wildman–Crippen LogP) is 1.16. The van der Waals surface area contributed by atoms with E-state index in [1.807, 2.05) is 0 Å². The highest BCUT2D eigenvalue weighted by atomic mass is 32.1. The number of aryl methyl sites for hydroxylation is 1. The van der Waals surface area contributed by atoms with Crippen LogP contribution in [0.1, 0.15) is 25.3 Å². The number of hydrogen-bond acceptors (Lipinski definition) is 7. The van der Waals surface area contributed by atoms with Crippen LogP contribution in [-0.4, -0.2) is 42.8 Å². The number of rotatable bonds is 5. The number of hydrogen-bond donors (Lipinski definition) is 2. The molecule has 1 aromatic carbocycles. The molecule has 180 valence electrons. The van der Waals surface area contributed by atoms with Crippen molar-refractivity contribution in [2.75, 3.05) is 23.3 Å². The van der Waals surface area contributed by atoms with Gasteiger partial charge in [0.15, 0.2) is 11.2 Å². The van der Waals surface area contributed by atoms with Crippen LogP contribution in [0.25, 0.3) is 11.2 Å². The molecule has 3 heterocycles. The van der Waals surface area contributed by atoms with Gasteiger partial charge in [0.2, 0.25) is 5.95 Å². The summed E-state index contributed by atoms with van der Waals surface area (Å²) in [5, 5.41) is 12.0. The molecule has 0 saturated carbocycles. The van der Waals surface area contributed by atoms with E-state index < -0.39 is 11.2 Å². The van der Waals surface area contributed by atoms with Crippen LogP contribution in [0.5, 0.6) is 0 Å². The van der Waals surface area contributed by atoms with Gasteiger partial charge in [-0.15, -0.1) is 5.92 Å². The van der Waals surface area contributed by atoms with Crippen molar-refractivity contribution >= 4 is 40.0 Å². The van der Waals surface area contributed by atoms with Gasteiger partial charge in [-0.2, -0.15) is 10.2 Å². The first-order valence-electron chi connectivity index (χ1n) is 11.2. The molecule has 1 unspecified atom stereocenters. The lowest BCUT2D eigenvalue weighted by Crippen LogP contribution is -2.44. The van der Waals surface area contributed by atoms with Crippen molar-refractivity contribution < 1.29 is 0 Å². The highest BCUT2D eigenvalue weighted by Gasteiger charge is 2.26. The van der Waals surface area contributed by atoms with E-state index in [-0.39, 0.29) is 24.1 Å². The van der Waals surface area contributed by atoms with Crippen molar-refractivity contribution in [3.63, 3.8) is 0 Å². The van der Waals surface area contributed by atoms with E-state index in [1.54, 1.807) is 42.8 Å². The zero-order chi connectivity index (χ0) is 25.1. The van der Waals surface area contributed by atoms with Crippen molar-refractivity contribution in [2.45, 2.75) is 38.9 Å². The number of imidazole rings is 1. The van der Waals surface area contributed by atoms with Crippen molar-refractivity contribution in [3.8, 4) is 17.9 Å². The Hall–Kier alpha value is -3.93. The zero-order valence-corrected chi connectivity index (χ0v) is 20.4. The summed E-state index contributed by atoms with van der Waals surface area (Å²) in [6.45, 7) is 3.26. The minimum Gasteiger partial charge on any atom is -0.349 e. The lowest BCUT2D eigenvalue weighted by molar-refractivity contribution is 0.496. The second kappa shape index (κ2) is 10.1. The average molecular weight is 491 g/mol. The molecule has 0 aliphatic carbocycles. The molecule has 35 heavy (non-hydrogen) atoms. The molecule has 0 radical (unpaired) electrons. The number of fused-ring (bicyclic) bond motifs is 1. The highest BCUT2D eigenvalue weighted by Crippen LogP contribution is 2.22. The van der Waals surface area contributed by atoms with Gasteiger partial charge >= 0.3 is 5.69 Å². The first-order valence-corrected chi connectivity index (χ1v) is 11.6. The van der Waals surface area contributed by atoms with Crippen LogP contribution in [0.2, 0.25) is 0 Å². The largest absolute Gasteiger partial charge is 0.349 e. The number of piperidine rings is 1. The highest BCUT2D eigenvalue weighted by molar-refractivity contribution is 7.80. The zero-order valence-electron chi connectivity index (χ0n) is 19.6. The van der Waals surface area contributed by atoms with Gasteiger partial charge in [0, 0.05) is 31.9 Å². The number of nitrogens with one attached hydrogen (secondary N) is 1. The third kappa shape index (κ3) is 4.83. The monoisotopic (exact) mass is 490 g/mol. The normalized spacial score (nSPS) is 15.4. The lowest BCUT2D eigenvalue weighted by Gasteiger charge is -2.31. The van der Waals surface area contributed by atoms with Gasteiger partial charge in [0.05, 0.1) is 24.7 Å². The van der Waals surface area contributed by atoms with E-state index >= 15 is 0 Å². The second-order valence-corrected chi connectivity index (χ2v) is 8.91. The van der Waals surface area contributed by atoms with E-state index in [0.29, 0.717) is 34.9 Å². The number of thiocarbonyl (C=S) groups is 1. The Morgan fingerprint density at radius 1 is 1.29 bits per heavy atom. The summed E-state index contributed by atoms with van der Waals surface area (Å²) in [6.07, 6.45) is 1.85. The summed E-state index contributed by atoms with van der Waals surface area (Å²) < 4.78 is 4.23. The second-order valence-electron chi connectivity index (χ2n) is 8.42. The fourth-order valence-electron chi connectivity index (χ4n) is 4.21. The van der Waals surface area contributed by atoms with Crippen LogP contribution in [0.4, 0.5) is 11.6 Å². The molecule has 11 heteroatoms. The molecule has 2 aromatic heterocycles. The van der Waals surface area contributed by atoms with Crippen LogP contribution in [0.15, 0.2) is 33.9 Å². The first-order chi connectivity index (χ1) is 16.8. The molecule has 0 spiro atoms. The standard InChI is InChI=1S/C24H26N8O2S/c1-3-4-12-31-20-21(28-23(31)30-11-5-6-17(26)14-30)29(2)24(34)32(22(20)33)15-19(35)27-18-9-7-16(13-25)8-10-18/h7-10,17H,5-6,11-12,14-15,26H2,1-2H3,(H,27,35). The van der Waals surface area contributed by atoms with Crippen molar-refractivity contribution in [2.24, 2.45) is 12.8 Å². The predicted molar refractivity (Wildman–Crippen MR) is 139 cm³/mol. The van der Waals surface area contributed by atoms with E-state index in [4.69, 9.17) is 23.2 Å². The molecule has 0 bridgehead atoms. The number of benzene rings is 1. The Labute approximate surface area is 207 Å². The minimum atomic E-state index is -0.514. The van der Waals surface area contributed by atoms with Gasteiger partial charge in [0.25, 0.3) is 5.56 Å². The summed E-state index contributed by atoms with van der Waals surface area (Å²) in [4.78, 5) is 33.7. The quantitative estimate of drug-likeness (QED) is 0.403. The summed E-state index contributed by atoms with van der Waals surface area (Å²) in [6, 6.07) is 8.80. The summed E-state index contributed by atoms with van der Waals surface area (Å²) in [7, 11) is 1.59. The fourth-order valence-corrected chi connectivity index (χ4v) is 4.46. The molecule has 3 N–H and O–H groups in total. The number of nitrogens with two attached hydrogens (primary N) is 1. The Morgan fingerprint density at radius 3 is 2.69 bits per heavy atom. The van der Waals surface area contributed by atoms with Gasteiger partial charge in [-0.05, 0) is 44.0 Å². The van der Waals surface area contributed by atoms with Crippen LogP contribution in [-0.2, 0) is 20.1 Å². The van der Waals surface area contributed by atoms with E-state index in [2.05, 4.69) is 33.1 Å². The minimum absolute atomic E-state index is 0.0143. The maximum absolute atomic E-state index is 13.6. The molecule has 1 saturated heterocycles. The summed E-state index contributed by atoms with van der Waals surface area (Å²) >= 11 is 5.44. The van der Waals surface area contributed by atoms with Crippen LogP contribution >= 0.6 is 12.2 Å². The number of aromatic nitrogens is 4. The maximum atomic E-state index is 13.6. The first kappa shape index (κ1) is 24.2. The third-order valence-corrected chi connectivity index (χ3v) is 6.20. The SMILES string of the molecule is CC#CCn1c(N2CCCC(N)C2)nc2c1c(=O)n(CC(=S)Nc1ccc(C#N)cc1)c(=O)n2C. The average Bonchev–Trinajstić information content (AvgIpc) is 3.24. The molecule has 0 amide bonds. The van der Waals surface area contributed by atoms with Crippen molar-refractivity contribution in [1.29, 1.82) is 5.26 Å². The Morgan fingerprint density at radius 2 is 2.03 bits per heavy atom. The van der Waals surface area contributed by atoms with E-state index in [0.717, 1.165) is 24.0 Å². The number of nitrogens with zero attached hydrogens (tertiary/aromatic N) is 6. The summed E-state index contributed by atoms with van der Waals surface area (Å²) in [5.74, 6) is 6.47. The Kier molecular flexibility index (Phi) is 7.01. The lowest BCUT2D eigenvalue weighted by atomic mass is 10.1. The molecule has 1 aliphatic heterocycles. The molecule has 4 rings (SSSR count). The van der Waals surface area contributed by atoms with Crippen molar-refractivity contribution in [3.05, 3.63) is 50.7 Å². The van der Waals surface area contributed by atoms with Gasteiger partial charge in [-0.3, -0.25) is 18.5 Å². The fraction of sp³-hybridized carbons (Fsp3) is 0.375. The Balaban J connectivity index is 1.76. The van der Waals surface area contributed by atoms with Crippen LogP contribution in [0, 0.1) is 23.2 Å². The van der Waals surface area contributed by atoms with E-state index in [9.17, 15) is 9.59 Å². The molecule has 10 nitrogen and oxygen atoms in total. The molecule has 3 aromatic rings. The molecule has 1 fully saturated rings. The van der Waals surface area contributed by atoms with Gasteiger partial charge in [-0.1, -0.05) is 18.1 Å². The third-order valence-electron chi connectivity index (χ3n) is 5.97. The van der Waals surface area contributed by atoms with E-state index in [1.165, 1.54) is 4.57 Å². The number of anilines is 2. The van der Waals surface area contributed by atoms with Gasteiger partial charge in [-0.25, -0.2) is 4.79 Å². The Bertz CT molecular complexity index is 1500. The number of nitriles is 1. The maximum Gasteiger partial charge on any atom is 0.332 e. The smallest absolute Gasteiger partial charge is 0.332 e. The molecule has 1 aliphatic rings. The van der Waals surface area contributed by atoms with Crippen LogP contribution in [0.3, 0.4) is 0 Å². The topological polar surface area (TPSA) is 127 Å². The van der Waals surface area contributed by atoms with Crippen LogP contribution < -0.4 is 27.2 Å². The molecular formula is C24H26N8O2S.